The monoisotopic (exact) mass is 302 g/mol. The van der Waals surface area contributed by atoms with E-state index >= 15 is 0 Å². The number of carbonyl (C=O) groups excluding carboxylic acids is 1. The Morgan fingerprint density at radius 2 is 2.14 bits per heavy atom. The maximum absolute atomic E-state index is 11.8. The van der Waals surface area contributed by atoms with Crippen LogP contribution in [0.3, 0.4) is 0 Å². The number of ether oxygens (including phenoxy) is 2. The topological polar surface area (TPSA) is 71.6 Å². The fraction of sp³-hybridized carbons (Fsp3) is 0.375. The van der Waals surface area contributed by atoms with Gasteiger partial charge in [0.25, 0.3) is 5.56 Å². The molecule has 0 bridgehead atoms. The number of H-pyrrole nitrogens is 1. The highest BCUT2D eigenvalue weighted by Gasteiger charge is 2.33. The van der Waals surface area contributed by atoms with Gasteiger partial charge in [0.2, 0.25) is 0 Å². The molecule has 1 unspecified atom stereocenters. The zero-order valence-corrected chi connectivity index (χ0v) is 12.5. The molecule has 1 atom stereocenters. The lowest BCUT2D eigenvalue weighted by Crippen LogP contribution is -2.32. The van der Waals surface area contributed by atoms with Crippen LogP contribution >= 0.6 is 0 Å². The normalized spacial score (nSPS) is 18.0. The highest BCUT2D eigenvalue weighted by molar-refractivity contribution is 5.87. The van der Waals surface area contributed by atoms with Crippen molar-refractivity contribution in [1.82, 2.24) is 9.88 Å². The third-order valence-corrected chi connectivity index (χ3v) is 3.73. The molecule has 6 heteroatoms. The molecular formula is C16H18N2O4. The Balaban J connectivity index is 1.74. The molecule has 1 aliphatic heterocycles. The summed E-state index contributed by atoms with van der Waals surface area (Å²) in [6.07, 6.45) is 0.985. The minimum absolute atomic E-state index is 0.105. The summed E-state index contributed by atoms with van der Waals surface area (Å²) in [5.41, 5.74) is -0.152. The first kappa shape index (κ1) is 14.4. The predicted molar refractivity (Wildman–Crippen MR) is 82.2 cm³/mol. The number of hydrogen-bond acceptors (Lipinski definition) is 4. The summed E-state index contributed by atoms with van der Waals surface area (Å²) in [6.45, 7) is 4.67. The van der Waals surface area contributed by atoms with Crippen LogP contribution in [0.25, 0.3) is 10.8 Å². The number of fused-ring (bicyclic) bond motifs is 1. The Hall–Kier alpha value is -2.50. The van der Waals surface area contributed by atoms with Gasteiger partial charge in [-0.15, -0.1) is 0 Å². The highest BCUT2D eigenvalue weighted by atomic mass is 16.6. The molecule has 0 spiro atoms. The van der Waals surface area contributed by atoms with E-state index in [1.807, 2.05) is 13.8 Å². The lowest BCUT2D eigenvalue weighted by Gasteiger charge is -2.17. The molecule has 0 aliphatic carbocycles. The fourth-order valence-corrected chi connectivity index (χ4v) is 2.55. The van der Waals surface area contributed by atoms with Crippen LogP contribution in [-0.2, 0) is 4.74 Å². The van der Waals surface area contributed by atoms with Crippen molar-refractivity contribution in [3.63, 3.8) is 0 Å². The largest absolute Gasteiger partial charge is 0.489 e. The molecule has 1 aromatic heterocycles. The molecule has 0 saturated carbocycles. The Morgan fingerprint density at radius 3 is 2.86 bits per heavy atom. The second kappa shape index (κ2) is 5.71. The minimum Gasteiger partial charge on any atom is -0.489 e. The van der Waals surface area contributed by atoms with Crippen molar-refractivity contribution in [2.45, 2.75) is 26.0 Å². The molecule has 116 valence electrons. The second-order valence-electron chi connectivity index (χ2n) is 5.59. The molecule has 1 fully saturated rings. The molecule has 1 aromatic carbocycles. The van der Waals surface area contributed by atoms with E-state index in [1.165, 1.54) is 0 Å². The van der Waals surface area contributed by atoms with Crippen LogP contribution in [0.15, 0.2) is 35.3 Å². The highest BCUT2D eigenvalue weighted by Crippen LogP contribution is 2.24. The number of aromatic amines is 1. The molecule has 1 N–H and O–H groups in total. The minimum atomic E-state index is -0.307. The molecule has 1 saturated heterocycles. The van der Waals surface area contributed by atoms with Crippen LogP contribution < -0.4 is 10.3 Å². The van der Waals surface area contributed by atoms with Gasteiger partial charge in [-0.25, -0.2) is 4.79 Å². The number of rotatable bonds is 4. The second-order valence-corrected chi connectivity index (χ2v) is 5.59. The van der Waals surface area contributed by atoms with Crippen molar-refractivity contribution in [3.8, 4) is 5.75 Å². The average molecular weight is 302 g/mol. The first-order chi connectivity index (χ1) is 10.6. The summed E-state index contributed by atoms with van der Waals surface area (Å²) in [5, 5.41) is 1.32. The Bertz CT molecular complexity index is 753. The quantitative estimate of drug-likeness (QED) is 0.939. The molecule has 2 heterocycles. The summed E-state index contributed by atoms with van der Waals surface area (Å²) < 4.78 is 11.1. The zero-order valence-electron chi connectivity index (χ0n) is 12.5. The maximum atomic E-state index is 11.8. The van der Waals surface area contributed by atoms with E-state index in [9.17, 15) is 9.59 Å². The van der Waals surface area contributed by atoms with Gasteiger partial charge < -0.3 is 19.4 Å². The summed E-state index contributed by atoms with van der Waals surface area (Å²) in [6, 6.07) is 7.23. The number of nitrogens with zero attached hydrogens (tertiary/aromatic N) is 1. The maximum Gasteiger partial charge on any atom is 0.410 e. The van der Waals surface area contributed by atoms with Crippen molar-refractivity contribution in [1.29, 1.82) is 0 Å². The van der Waals surface area contributed by atoms with Crippen molar-refractivity contribution < 1.29 is 14.3 Å². The number of pyridine rings is 1. The molecule has 2 aromatic rings. The molecule has 6 nitrogen and oxygen atoms in total. The van der Waals surface area contributed by atoms with E-state index in [0.29, 0.717) is 17.7 Å². The van der Waals surface area contributed by atoms with Crippen LogP contribution in [0.1, 0.15) is 13.8 Å². The van der Waals surface area contributed by atoms with Crippen molar-refractivity contribution in [2.75, 3.05) is 13.2 Å². The van der Waals surface area contributed by atoms with E-state index in [4.69, 9.17) is 9.47 Å². The van der Waals surface area contributed by atoms with Crippen LogP contribution in [0.4, 0.5) is 4.79 Å². The predicted octanol–water partition coefficient (Wildman–Crippen LogP) is 2.14. The number of hydrogen-bond donors (Lipinski definition) is 1. The lowest BCUT2D eigenvalue weighted by atomic mass is 10.1. The number of aromatic nitrogens is 1. The van der Waals surface area contributed by atoms with Crippen LogP contribution in [0.5, 0.6) is 5.75 Å². The van der Waals surface area contributed by atoms with Crippen LogP contribution in [0, 0.1) is 0 Å². The van der Waals surface area contributed by atoms with E-state index in [1.54, 1.807) is 35.4 Å². The molecular weight excluding hydrogens is 284 g/mol. The third kappa shape index (κ3) is 2.64. The molecule has 1 amide bonds. The average Bonchev–Trinajstić information content (AvgIpc) is 2.87. The van der Waals surface area contributed by atoms with Crippen molar-refractivity contribution >= 4 is 16.9 Å². The van der Waals surface area contributed by atoms with E-state index in [0.717, 1.165) is 5.39 Å². The van der Waals surface area contributed by atoms with Gasteiger partial charge in [-0.1, -0.05) is 6.07 Å². The summed E-state index contributed by atoms with van der Waals surface area (Å²) in [7, 11) is 0. The smallest absolute Gasteiger partial charge is 0.410 e. The van der Waals surface area contributed by atoms with Crippen molar-refractivity contribution in [3.05, 3.63) is 40.8 Å². The molecule has 22 heavy (non-hydrogen) atoms. The zero-order chi connectivity index (χ0) is 15.7. The Kier molecular flexibility index (Phi) is 3.75. The van der Waals surface area contributed by atoms with E-state index in [2.05, 4.69) is 4.98 Å². The summed E-state index contributed by atoms with van der Waals surface area (Å²) in [4.78, 5) is 27.8. The Morgan fingerprint density at radius 1 is 1.32 bits per heavy atom. The first-order valence-corrected chi connectivity index (χ1v) is 7.26. The van der Waals surface area contributed by atoms with Crippen LogP contribution in [0.2, 0.25) is 0 Å². The number of carbonyl (C=O) groups is 1. The first-order valence-electron chi connectivity index (χ1n) is 7.26. The standard InChI is InChI=1S/C16H18N2O4/c1-10(2)18-8-11(22-16(18)20)9-21-14-5-3-4-13-12(14)6-7-17-15(13)19/h3-7,10-11H,8-9H2,1-2H3,(H,17,19). The van der Waals surface area contributed by atoms with Gasteiger partial charge in [-0.2, -0.15) is 0 Å². The van der Waals surface area contributed by atoms with E-state index < -0.39 is 0 Å². The SMILES string of the molecule is CC(C)N1CC(COc2cccc3c(=O)[nH]ccc23)OC1=O. The Labute approximate surface area is 127 Å². The number of cyclic esters (lactones) is 1. The lowest BCUT2D eigenvalue weighted by molar-refractivity contribution is 0.102. The van der Waals surface area contributed by atoms with Gasteiger partial charge in [-0.3, -0.25) is 4.79 Å². The summed E-state index contributed by atoms with van der Waals surface area (Å²) in [5.74, 6) is 0.614. The van der Waals surface area contributed by atoms with Gasteiger partial charge in [0, 0.05) is 17.6 Å². The van der Waals surface area contributed by atoms with Gasteiger partial charge in [0.05, 0.1) is 11.9 Å². The van der Waals surface area contributed by atoms with Crippen molar-refractivity contribution in [2.24, 2.45) is 0 Å². The molecule has 0 radical (unpaired) electrons. The number of amides is 1. The van der Waals surface area contributed by atoms with E-state index in [-0.39, 0.29) is 30.4 Å². The van der Waals surface area contributed by atoms with Gasteiger partial charge in [0.1, 0.15) is 12.4 Å². The molecule has 1 aliphatic rings. The number of benzene rings is 1. The van der Waals surface area contributed by atoms with Gasteiger partial charge >= 0.3 is 6.09 Å². The van der Waals surface area contributed by atoms with Gasteiger partial charge in [-0.05, 0) is 32.0 Å². The fourth-order valence-electron chi connectivity index (χ4n) is 2.55. The number of nitrogens with one attached hydrogen (secondary N) is 1. The van der Waals surface area contributed by atoms with Crippen LogP contribution in [-0.4, -0.2) is 41.3 Å². The summed E-state index contributed by atoms with van der Waals surface area (Å²) >= 11 is 0. The third-order valence-electron chi connectivity index (χ3n) is 3.73. The van der Waals surface area contributed by atoms with Gasteiger partial charge in [0.15, 0.2) is 6.10 Å². The molecule has 3 rings (SSSR count).